The molecule has 19 heavy (non-hydrogen) atoms. The van der Waals surface area contributed by atoms with Crippen LogP contribution in [0.4, 0.5) is 5.69 Å². The van der Waals surface area contributed by atoms with Gasteiger partial charge in [0.2, 0.25) is 5.82 Å². The van der Waals surface area contributed by atoms with Gasteiger partial charge in [0.05, 0.1) is 5.69 Å². The second-order valence-corrected chi connectivity index (χ2v) is 4.75. The molecule has 0 unspecified atom stereocenters. The lowest BCUT2D eigenvalue weighted by Gasteiger charge is -1.98. The van der Waals surface area contributed by atoms with E-state index in [0.29, 0.717) is 27.8 Å². The van der Waals surface area contributed by atoms with Gasteiger partial charge in [-0.25, -0.2) is 0 Å². The molecule has 0 aliphatic heterocycles. The van der Waals surface area contributed by atoms with Crippen molar-refractivity contribution in [2.24, 2.45) is 0 Å². The molecule has 6 nitrogen and oxygen atoms in total. The number of thiophene rings is 1. The van der Waals surface area contributed by atoms with Crippen LogP contribution in [0, 0.1) is 0 Å². The Hall–Kier alpha value is -2.54. The Morgan fingerprint density at radius 1 is 1.16 bits per heavy atom. The van der Waals surface area contributed by atoms with Gasteiger partial charge in [-0.1, -0.05) is 5.16 Å². The summed E-state index contributed by atoms with van der Waals surface area (Å²) in [6.07, 6.45) is 0. The largest absolute Gasteiger partial charge is 0.504 e. The number of hydrogen-bond acceptors (Lipinski definition) is 7. The zero-order valence-corrected chi connectivity index (χ0v) is 10.4. The number of hydrogen-bond donors (Lipinski definition) is 3. The van der Waals surface area contributed by atoms with E-state index in [2.05, 4.69) is 10.1 Å². The summed E-state index contributed by atoms with van der Waals surface area (Å²) in [5.74, 6) is 0.211. The number of phenolic OH excluding ortho intramolecular Hbond substituents is 2. The second kappa shape index (κ2) is 4.29. The van der Waals surface area contributed by atoms with E-state index >= 15 is 0 Å². The number of aromatic hydroxyl groups is 2. The SMILES string of the molecule is Nc1ccsc1-c1nc(-c2ccc(O)c(O)c2)no1. The molecule has 0 spiro atoms. The van der Waals surface area contributed by atoms with Crippen molar-refractivity contribution in [1.29, 1.82) is 0 Å². The van der Waals surface area contributed by atoms with Crippen LogP contribution in [-0.4, -0.2) is 20.4 Å². The maximum absolute atomic E-state index is 9.44. The van der Waals surface area contributed by atoms with Crippen LogP contribution in [0.2, 0.25) is 0 Å². The number of rotatable bonds is 2. The van der Waals surface area contributed by atoms with Gasteiger partial charge in [0, 0.05) is 5.56 Å². The Morgan fingerprint density at radius 2 is 2.00 bits per heavy atom. The van der Waals surface area contributed by atoms with Crippen LogP contribution in [-0.2, 0) is 0 Å². The molecule has 96 valence electrons. The minimum atomic E-state index is -0.237. The average molecular weight is 275 g/mol. The first-order valence-electron chi connectivity index (χ1n) is 5.34. The summed E-state index contributed by atoms with van der Waals surface area (Å²) in [5.41, 5.74) is 6.89. The maximum Gasteiger partial charge on any atom is 0.270 e. The predicted octanol–water partition coefficient (Wildman–Crippen LogP) is 2.46. The highest BCUT2D eigenvalue weighted by Crippen LogP contribution is 2.33. The van der Waals surface area contributed by atoms with E-state index in [1.165, 1.54) is 23.5 Å². The van der Waals surface area contributed by atoms with Crippen LogP contribution < -0.4 is 5.73 Å². The van der Waals surface area contributed by atoms with Crippen molar-refractivity contribution < 1.29 is 14.7 Å². The van der Waals surface area contributed by atoms with Gasteiger partial charge in [-0.2, -0.15) is 4.98 Å². The fourth-order valence-electron chi connectivity index (χ4n) is 1.59. The molecule has 0 aliphatic rings. The average Bonchev–Trinajstić information content (AvgIpc) is 3.01. The van der Waals surface area contributed by atoms with Gasteiger partial charge in [-0.05, 0) is 29.6 Å². The third kappa shape index (κ3) is 2.00. The molecule has 0 radical (unpaired) electrons. The van der Waals surface area contributed by atoms with Crippen molar-refractivity contribution in [3.8, 4) is 33.7 Å². The van der Waals surface area contributed by atoms with Crippen LogP contribution >= 0.6 is 11.3 Å². The minimum Gasteiger partial charge on any atom is -0.504 e. The number of nitrogens with two attached hydrogens (primary N) is 1. The zero-order chi connectivity index (χ0) is 13.4. The molecule has 4 N–H and O–H groups in total. The summed E-state index contributed by atoms with van der Waals surface area (Å²) < 4.78 is 5.14. The van der Waals surface area contributed by atoms with E-state index in [1.54, 1.807) is 12.1 Å². The second-order valence-electron chi connectivity index (χ2n) is 3.83. The Kier molecular flexibility index (Phi) is 2.60. The molecule has 1 aromatic carbocycles. The molecule has 0 aliphatic carbocycles. The zero-order valence-electron chi connectivity index (χ0n) is 9.57. The summed E-state index contributed by atoms with van der Waals surface area (Å²) in [6, 6.07) is 6.07. The van der Waals surface area contributed by atoms with Crippen LogP contribution in [0.5, 0.6) is 11.5 Å². The maximum atomic E-state index is 9.44. The molecule has 0 saturated carbocycles. The molecule has 2 aromatic heterocycles. The van der Waals surface area contributed by atoms with E-state index in [9.17, 15) is 10.2 Å². The fraction of sp³-hybridized carbons (Fsp3) is 0. The lowest BCUT2D eigenvalue weighted by atomic mass is 10.2. The number of benzene rings is 1. The topological polar surface area (TPSA) is 105 Å². The first-order valence-corrected chi connectivity index (χ1v) is 6.22. The Bertz CT molecular complexity index is 735. The van der Waals surface area contributed by atoms with Gasteiger partial charge in [0.25, 0.3) is 5.89 Å². The molecule has 3 aromatic rings. The Balaban J connectivity index is 2.01. The normalized spacial score (nSPS) is 10.7. The van der Waals surface area contributed by atoms with E-state index < -0.39 is 0 Å². The van der Waals surface area contributed by atoms with Crippen molar-refractivity contribution in [3.63, 3.8) is 0 Å². The summed E-state index contributed by atoms with van der Waals surface area (Å²) in [7, 11) is 0. The van der Waals surface area contributed by atoms with Crippen molar-refractivity contribution >= 4 is 17.0 Å². The van der Waals surface area contributed by atoms with Crippen LogP contribution in [0.25, 0.3) is 22.2 Å². The molecule has 7 heteroatoms. The first-order chi connectivity index (χ1) is 9.15. The minimum absolute atomic E-state index is 0.199. The van der Waals surface area contributed by atoms with Crippen molar-refractivity contribution in [2.75, 3.05) is 5.73 Å². The van der Waals surface area contributed by atoms with Crippen molar-refractivity contribution in [3.05, 3.63) is 29.6 Å². The van der Waals surface area contributed by atoms with Gasteiger partial charge >= 0.3 is 0 Å². The number of phenols is 2. The molecular formula is C12H9N3O3S. The van der Waals surface area contributed by atoms with E-state index in [-0.39, 0.29) is 11.5 Å². The Morgan fingerprint density at radius 3 is 2.68 bits per heavy atom. The fourth-order valence-corrected chi connectivity index (χ4v) is 2.33. The number of nitrogens with zero attached hydrogens (tertiary/aromatic N) is 2. The molecule has 3 rings (SSSR count). The predicted molar refractivity (Wildman–Crippen MR) is 70.8 cm³/mol. The third-order valence-electron chi connectivity index (χ3n) is 2.55. The van der Waals surface area contributed by atoms with Crippen molar-refractivity contribution in [2.45, 2.75) is 0 Å². The third-order valence-corrected chi connectivity index (χ3v) is 3.47. The van der Waals surface area contributed by atoms with Crippen LogP contribution in [0.15, 0.2) is 34.2 Å². The first kappa shape index (κ1) is 11.5. The smallest absolute Gasteiger partial charge is 0.270 e. The number of anilines is 1. The van der Waals surface area contributed by atoms with E-state index in [1.807, 2.05) is 5.38 Å². The van der Waals surface area contributed by atoms with Gasteiger partial charge in [-0.3, -0.25) is 0 Å². The molecule has 0 fully saturated rings. The monoisotopic (exact) mass is 275 g/mol. The number of nitrogen functional groups attached to an aromatic ring is 1. The summed E-state index contributed by atoms with van der Waals surface area (Å²) in [5, 5.41) is 24.4. The quantitative estimate of drug-likeness (QED) is 0.620. The molecule has 2 heterocycles. The molecule has 0 amide bonds. The van der Waals surface area contributed by atoms with Gasteiger partial charge in [-0.15, -0.1) is 11.3 Å². The highest BCUT2D eigenvalue weighted by molar-refractivity contribution is 7.14. The molecule has 0 bridgehead atoms. The highest BCUT2D eigenvalue weighted by Gasteiger charge is 2.15. The Labute approximate surface area is 111 Å². The lowest BCUT2D eigenvalue weighted by Crippen LogP contribution is -1.84. The van der Waals surface area contributed by atoms with Gasteiger partial charge < -0.3 is 20.5 Å². The summed E-state index contributed by atoms with van der Waals surface area (Å²) >= 11 is 1.41. The van der Waals surface area contributed by atoms with Gasteiger partial charge in [0.15, 0.2) is 11.5 Å². The summed E-state index contributed by atoms with van der Waals surface area (Å²) in [4.78, 5) is 4.92. The molecular weight excluding hydrogens is 266 g/mol. The highest BCUT2D eigenvalue weighted by atomic mass is 32.1. The van der Waals surface area contributed by atoms with Crippen molar-refractivity contribution in [1.82, 2.24) is 10.1 Å². The standard InChI is InChI=1S/C12H9N3O3S/c13-7-3-4-19-10(7)12-14-11(15-18-12)6-1-2-8(16)9(17)5-6/h1-5,16-17H,13H2. The van der Waals surface area contributed by atoms with E-state index in [0.717, 1.165) is 0 Å². The number of aromatic nitrogens is 2. The van der Waals surface area contributed by atoms with Gasteiger partial charge in [0.1, 0.15) is 4.88 Å². The lowest BCUT2D eigenvalue weighted by molar-refractivity contribution is 0.404. The van der Waals surface area contributed by atoms with Crippen LogP contribution in [0.1, 0.15) is 0 Å². The summed E-state index contributed by atoms with van der Waals surface area (Å²) in [6.45, 7) is 0. The van der Waals surface area contributed by atoms with E-state index in [4.69, 9.17) is 10.3 Å². The van der Waals surface area contributed by atoms with Crippen LogP contribution in [0.3, 0.4) is 0 Å². The molecule has 0 atom stereocenters. The molecule has 0 saturated heterocycles.